The van der Waals surface area contributed by atoms with Crippen LogP contribution in [0.5, 0.6) is 5.75 Å². The Balaban J connectivity index is 1.53. The van der Waals surface area contributed by atoms with E-state index < -0.39 is 5.60 Å². The first-order valence-corrected chi connectivity index (χ1v) is 12.6. The molecule has 35 heavy (non-hydrogen) atoms. The number of fused-ring (bicyclic) bond motifs is 2. The molecule has 186 valence electrons. The quantitative estimate of drug-likeness (QED) is 0.397. The fourth-order valence-electron chi connectivity index (χ4n) is 5.78. The monoisotopic (exact) mass is 475 g/mol. The van der Waals surface area contributed by atoms with E-state index in [-0.39, 0.29) is 0 Å². The smallest absolute Gasteiger partial charge is 0.198 e. The van der Waals surface area contributed by atoms with Gasteiger partial charge in [-0.25, -0.2) is 9.50 Å². The van der Waals surface area contributed by atoms with Crippen molar-refractivity contribution in [1.82, 2.24) is 24.5 Å². The third kappa shape index (κ3) is 4.43. The molecular weight excluding hydrogens is 438 g/mol. The van der Waals surface area contributed by atoms with Crippen molar-refractivity contribution in [2.45, 2.75) is 64.9 Å². The lowest BCUT2D eigenvalue weighted by Crippen LogP contribution is -2.42. The fraction of sp³-hybridized carbons (Fsp3) is 0.500. The molecule has 1 aliphatic rings. The molecule has 0 amide bonds. The number of hydrogen-bond donors (Lipinski definition) is 2. The SMILES string of the molecule is COc1c(C)c(-c2[nH]c3ccc(C4CCN(CC(C)(C)O)CC4)cc3c2C(C)C)cn2ncnc12. The normalized spacial score (nSPS) is 16.1. The molecule has 0 aliphatic carbocycles. The van der Waals surface area contributed by atoms with E-state index in [4.69, 9.17) is 4.74 Å². The van der Waals surface area contributed by atoms with Crippen LogP contribution in [0.1, 0.15) is 69.1 Å². The molecule has 5 rings (SSSR count). The molecule has 4 aromatic rings. The van der Waals surface area contributed by atoms with E-state index in [0.717, 1.165) is 66.2 Å². The van der Waals surface area contributed by atoms with Gasteiger partial charge >= 0.3 is 0 Å². The standard InChI is InChI=1S/C28H37N5O2/c1-17(2)24-21-13-20(19-9-11-32(12-10-19)15-28(4,5)34)7-8-23(21)31-25(24)22-14-33-27(29-16-30-33)26(35-6)18(22)3/h7-8,13-14,16-17,19,31,34H,9-12,15H2,1-6H3. The summed E-state index contributed by atoms with van der Waals surface area (Å²) in [5.74, 6) is 1.65. The number of aliphatic hydroxyl groups is 1. The van der Waals surface area contributed by atoms with Gasteiger partial charge in [-0.2, -0.15) is 5.10 Å². The molecule has 1 fully saturated rings. The molecule has 3 aromatic heterocycles. The lowest BCUT2D eigenvalue weighted by Gasteiger charge is -2.35. The fourth-order valence-corrected chi connectivity index (χ4v) is 5.78. The van der Waals surface area contributed by atoms with Gasteiger partial charge in [0.2, 0.25) is 0 Å². The van der Waals surface area contributed by atoms with Crippen LogP contribution >= 0.6 is 0 Å². The van der Waals surface area contributed by atoms with Gasteiger partial charge in [0, 0.05) is 34.8 Å². The number of ether oxygens (including phenoxy) is 1. The minimum atomic E-state index is -0.643. The minimum absolute atomic E-state index is 0.347. The zero-order valence-electron chi connectivity index (χ0n) is 21.7. The second kappa shape index (κ2) is 8.95. The number of methoxy groups -OCH3 is 1. The lowest BCUT2D eigenvalue weighted by molar-refractivity contribution is 0.0282. The highest BCUT2D eigenvalue weighted by atomic mass is 16.5. The maximum absolute atomic E-state index is 10.2. The van der Waals surface area contributed by atoms with E-state index >= 15 is 0 Å². The van der Waals surface area contributed by atoms with Crippen LogP contribution in [-0.2, 0) is 0 Å². The number of β-amino-alcohol motifs (C(OH)–C–C–N with tert-alkyl or cyclic N) is 1. The molecule has 0 atom stereocenters. The summed E-state index contributed by atoms with van der Waals surface area (Å²) in [6.45, 7) is 13.2. The summed E-state index contributed by atoms with van der Waals surface area (Å²) in [6, 6.07) is 6.93. The van der Waals surface area contributed by atoms with Crippen LogP contribution in [0.2, 0.25) is 0 Å². The minimum Gasteiger partial charge on any atom is -0.492 e. The first-order chi connectivity index (χ1) is 16.7. The van der Waals surface area contributed by atoms with E-state index in [0.29, 0.717) is 11.8 Å². The van der Waals surface area contributed by atoms with Crippen LogP contribution in [0.15, 0.2) is 30.7 Å². The van der Waals surface area contributed by atoms with Crippen molar-refractivity contribution in [3.63, 3.8) is 0 Å². The summed E-state index contributed by atoms with van der Waals surface area (Å²) in [5.41, 5.74) is 7.25. The van der Waals surface area contributed by atoms with Gasteiger partial charge in [0.25, 0.3) is 0 Å². The number of nitrogens with one attached hydrogen (secondary N) is 1. The summed E-state index contributed by atoms with van der Waals surface area (Å²) in [4.78, 5) is 10.5. The van der Waals surface area contributed by atoms with E-state index in [1.807, 2.05) is 13.8 Å². The van der Waals surface area contributed by atoms with Crippen LogP contribution in [0.4, 0.5) is 0 Å². The molecule has 7 heteroatoms. The van der Waals surface area contributed by atoms with Crippen molar-refractivity contribution in [2.75, 3.05) is 26.7 Å². The Bertz CT molecular complexity index is 1350. The van der Waals surface area contributed by atoms with E-state index in [1.165, 1.54) is 16.5 Å². The molecule has 0 spiro atoms. The second-order valence-corrected chi connectivity index (χ2v) is 11.0. The Hall–Kier alpha value is -2.90. The highest BCUT2D eigenvalue weighted by Crippen LogP contribution is 2.41. The maximum Gasteiger partial charge on any atom is 0.198 e. The number of hydrogen-bond acceptors (Lipinski definition) is 5. The number of likely N-dealkylation sites (tertiary alicyclic amines) is 1. The second-order valence-electron chi connectivity index (χ2n) is 11.0. The molecule has 0 bridgehead atoms. The first kappa shape index (κ1) is 23.8. The molecule has 7 nitrogen and oxygen atoms in total. The number of benzene rings is 1. The molecule has 0 unspecified atom stereocenters. The molecule has 1 aromatic carbocycles. The Morgan fingerprint density at radius 1 is 1.23 bits per heavy atom. The van der Waals surface area contributed by atoms with Gasteiger partial charge in [0.1, 0.15) is 6.33 Å². The molecule has 0 radical (unpaired) electrons. The molecule has 2 N–H and O–H groups in total. The molecule has 4 heterocycles. The van der Waals surface area contributed by atoms with Gasteiger partial charge in [0.05, 0.1) is 18.4 Å². The average molecular weight is 476 g/mol. The lowest BCUT2D eigenvalue weighted by atomic mass is 9.87. The zero-order chi connectivity index (χ0) is 24.9. The predicted molar refractivity (Wildman–Crippen MR) is 140 cm³/mol. The maximum atomic E-state index is 10.2. The van der Waals surface area contributed by atoms with Crippen molar-refractivity contribution in [2.24, 2.45) is 0 Å². The predicted octanol–water partition coefficient (Wildman–Crippen LogP) is 5.27. The summed E-state index contributed by atoms with van der Waals surface area (Å²) in [5, 5.41) is 15.9. The van der Waals surface area contributed by atoms with Gasteiger partial charge in [-0.05, 0) is 81.8 Å². The van der Waals surface area contributed by atoms with E-state index in [2.05, 4.69) is 65.1 Å². The molecular formula is C28H37N5O2. The van der Waals surface area contributed by atoms with Crippen LogP contribution in [-0.4, -0.2) is 61.9 Å². The van der Waals surface area contributed by atoms with Gasteiger partial charge in [-0.1, -0.05) is 19.9 Å². The third-order valence-electron chi connectivity index (χ3n) is 7.36. The number of rotatable bonds is 6. The highest BCUT2D eigenvalue weighted by molar-refractivity contribution is 5.93. The zero-order valence-corrected chi connectivity index (χ0v) is 21.7. The van der Waals surface area contributed by atoms with Crippen molar-refractivity contribution in [1.29, 1.82) is 0 Å². The Labute approximate surface area is 207 Å². The van der Waals surface area contributed by atoms with Crippen molar-refractivity contribution >= 4 is 16.6 Å². The average Bonchev–Trinajstić information content (AvgIpc) is 3.42. The van der Waals surface area contributed by atoms with Crippen LogP contribution in [0.25, 0.3) is 27.8 Å². The number of pyridine rings is 1. The van der Waals surface area contributed by atoms with Crippen molar-refractivity contribution in [3.8, 4) is 17.0 Å². The molecule has 1 aliphatic heterocycles. The van der Waals surface area contributed by atoms with E-state index in [1.54, 1.807) is 18.0 Å². The summed E-state index contributed by atoms with van der Waals surface area (Å²) in [7, 11) is 1.69. The molecule has 0 saturated carbocycles. The largest absolute Gasteiger partial charge is 0.492 e. The van der Waals surface area contributed by atoms with Gasteiger partial charge in [0.15, 0.2) is 11.4 Å². The summed E-state index contributed by atoms with van der Waals surface area (Å²) < 4.78 is 7.53. The Kier molecular flexibility index (Phi) is 6.09. The number of aromatic nitrogens is 4. The van der Waals surface area contributed by atoms with Gasteiger partial charge in [-0.15, -0.1) is 0 Å². The number of nitrogens with zero attached hydrogens (tertiary/aromatic N) is 4. The van der Waals surface area contributed by atoms with Gasteiger partial charge in [-0.3, -0.25) is 0 Å². The summed E-state index contributed by atoms with van der Waals surface area (Å²) in [6.07, 6.45) is 5.86. The van der Waals surface area contributed by atoms with Gasteiger partial charge < -0.3 is 19.7 Å². The topological polar surface area (TPSA) is 78.7 Å². The number of H-pyrrole nitrogens is 1. The van der Waals surface area contributed by atoms with Crippen molar-refractivity contribution in [3.05, 3.63) is 47.4 Å². The molecule has 1 saturated heterocycles. The Morgan fingerprint density at radius 3 is 2.63 bits per heavy atom. The Morgan fingerprint density at radius 2 is 1.97 bits per heavy atom. The van der Waals surface area contributed by atoms with Crippen molar-refractivity contribution < 1.29 is 9.84 Å². The number of aromatic amines is 1. The van der Waals surface area contributed by atoms with Crippen LogP contribution < -0.4 is 4.74 Å². The van der Waals surface area contributed by atoms with Crippen LogP contribution in [0.3, 0.4) is 0 Å². The first-order valence-electron chi connectivity index (χ1n) is 12.6. The number of piperidine rings is 1. The van der Waals surface area contributed by atoms with E-state index in [9.17, 15) is 5.11 Å². The summed E-state index contributed by atoms with van der Waals surface area (Å²) >= 11 is 0. The van der Waals surface area contributed by atoms with Crippen LogP contribution in [0, 0.1) is 6.92 Å². The third-order valence-corrected chi connectivity index (χ3v) is 7.36. The highest BCUT2D eigenvalue weighted by Gasteiger charge is 2.26.